The number of ether oxygens (including phenoxy) is 1. The van der Waals surface area contributed by atoms with Crippen LogP contribution in [0, 0.1) is 0 Å². The van der Waals surface area contributed by atoms with E-state index in [4.69, 9.17) is 20.8 Å². The lowest BCUT2D eigenvalue weighted by Gasteiger charge is -2.14. The molecule has 8 heteroatoms. The number of thiophene rings is 1. The second-order valence-electron chi connectivity index (χ2n) is 8.50. The maximum Gasteiger partial charge on any atom is 0.326 e. The van der Waals surface area contributed by atoms with E-state index in [9.17, 15) is 14.7 Å². The Morgan fingerprint density at radius 1 is 0.946 bits per heavy atom. The van der Waals surface area contributed by atoms with Gasteiger partial charge in [0, 0.05) is 21.7 Å². The van der Waals surface area contributed by atoms with Gasteiger partial charge in [-0.05, 0) is 64.5 Å². The molecule has 2 aromatic heterocycles. The Hall–Kier alpha value is -4.07. The molecule has 1 amide bonds. The molecule has 0 radical (unpaired) electrons. The lowest BCUT2D eigenvalue weighted by molar-refractivity contribution is -0.139. The van der Waals surface area contributed by atoms with Gasteiger partial charge in [-0.25, -0.2) is 4.79 Å². The molecule has 0 saturated carbocycles. The zero-order valence-electron chi connectivity index (χ0n) is 19.5. The number of fused-ring (bicyclic) bond motifs is 1. The molecule has 6 nitrogen and oxygen atoms in total. The summed E-state index contributed by atoms with van der Waals surface area (Å²) in [6.45, 7) is 0.375. The molecule has 5 rings (SSSR count). The van der Waals surface area contributed by atoms with Crippen molar-refractivity contribution in [3.05, 3.63) is 112 Å². The molecule has 5 aromatic rings. The first kappa shape index (κ1) is 24.6. The Morgan fingerprint density at radius 2 is 1.70 bits per heavy atom. The standard InChI is InChI=1S/C29H22ClNO5S/c30-23-7-5-20(6-8-23)21-3-4-22-15-27(37-26(22)14-21)28(32)31-25(29(33)34)13-18-1-9-24(10-2-18)36-17-19-11-12-35-16-19/h1-12,14-16,25H,13,17H2,(H,31,32)(H,33,34)/t25-/m0/s1. The van der Waals surface area contributed by atoms with Crippen LogP contribution in [0.3, 0.4) is 0 Å². The lowest BCUT2D eigenvalue weighted by Crippen LogP contribution is -2.42. The number of carbonyl (C=O) groups is 2. The van der Waals surface area contributed by atoms with Crippen LogP contribution in [-0.4, -0.2) is 23.0 Å². The summed E-state index contributed by atoms with van der Waals surface area (Å²) in [5, 5.41) is 14.0. The van der Waals surface area contributed by atoms with Gasteiger partial charge in [-0.3, -0.25) is 4.79 Å². The van der Waals surface area contributed by atoms with E-state index in [1.165, 1.54) is 11.3 Å². The van der Waals surface area contributed by atoms with Crippen molar-refractivity contribution in [1.82, 2.24) is 5.32 Å². The van der Waals surface area contributed by atoms with Crippen molar-refractivity contribution in [2.24, 2.45) is 0 Å². The molecule has 0 unspecified atom stereocenters. The summed E-state index contributed by atoms with van der Waals surface area (Å²) < 4.78 is 11.7. The number of aliphatic carboxylic acids is 1. The molecule has 0 spiro atoms. The molecule has 0 saturated heterocycles. The predicted octanol–water partition coefficient (Wildman–Crippen LogP) is 6.82. The summed E-state index contributed by atoms with van der Waals surface area (Å²) >= 11 is 7.32. The zero-order valence-corrected chi connectivity index (χ0v) is 21.1. The van der Waals surface area contributed by atoms with E-state index in [0.717, 1.165) is 32.3 Å². The average molecular weight is 532 g/mol. The minimum atomic E-state index is -1.10. The Morgan fingerprint density at radius 3 is 2.41 bits per heavy atom. The third-order valence-corrected chi connectivity index (χ3v) is 7.22. The van der Waals surface area contributed by atoms with Crippen LogP contribution in [-0.2, 0) is 17.8 Å². The van der Waals surface area contributed by atoms with Crippen LogP contribution in [0.2, 0.25) is 5.02 Å². The number of amides is 1. The molecule has 0 aliphatic rings. The van der Waals surface area contributed by atoms with E-state index in [1.54, 1.807) is 42.9 Å². The number of carbonyl (C=O) groups excluding carboxylic acids is 1. The Kier molecular flexibility index (Phi) is 7.25. The molecule has 37 heavy (non-hydrogen) atoms. The number of hydrogen-bond donors (Lipinski definition) is 2. The molecule has 0 aliphatic carbocycles. The summed E-state index contributed by atoms with van der Waals surface area (Å²) in [4.78, 5) is 25.3. The molecule has 2 N–H and O–H groups in total. The van der Waals surface area contributed by atoms with Crippen molar-refractivity contribution in [3.63, 3.8) is 0 Å². The number of furan rings is 1. The van der Waals surface area contributed by atoms with E-state index in [-0.39, 0.29) is 6.42 Å². The molecule has 0 aliphatic heterocycles. The van der Waals surface area contributed by atoms with E-state index in [1.807, 2.05) is 48.5 Å². The van der Waals surface area contributed by atoms with Crippen molar-refractivity contribution in [3.8, 4) is 16.9 Å². The van der Waals surface area contributed by atoms with Crippen molar-refractivity contribution < 1.29 is 23.8 Å². The molecule has 3 aromatic carbocycles. The van der Waals surface area contributed by atoms with Gasteiger partial charge in [0.15, 0.2) is 0 Å². The summed E-state index contributed by atoms with van der Waals surface area (Å²) in [5.74, 6) is -0.856. The van der Waals surface area contributed by atoms with Crippen LogP contribution >= 0.6 is 22.9 Å². The third kappa shape index (κ3) is 6.02. The van der Waals surface area contributed by atoms with Gasteiger partial charge in [-0.1, -0.05) is 48.0 Å². The van der Waals surface area contributed by atoms with Gasteiger partial charge < -0.3 is 19.6 Å². The number of nitrogens with one attached hydrogen (secondary N) is 1. The van der Waals surface area contributed by atoms with Crippen LogP contribution in [0.15, 0.2) is 95.8 Å². The minimum Gasteiger partial charge on any atom is -0.489 e. The van der Waals surface area contributed by atoms with Gasteiger partial charge in [-0.15, -0.1) is 11.3 Å². The Balaban J connectivity index is 1.25. The molecule has 0 bridgehead atoms. The summed E-state index contributed by atoms with van der Waals surface area (Å²) in [6, 6.07) is 23.2. The lowest BCUT2D eigenvalue weighted by atomic mass is 10.0. The van der Waals surface area contributed by atoms with Crippen molar-refractivity contribution in [1.29, 1.82) is 0 Å². The van der Waals surface area contributed by atoms with Crippen LogP contribution < -0.4 is 10.1 Å². The maximum absolute atomic E-state index is 13.0. The number of rotatable bonds is 9. The minimum absolute atomic E-state index is 0.148. The summed E-state index contributed by atoms with van der Waals surface area (Å²) in [7, 11) is 0. The number of benzene rings is 3. The highest BCUT2D eigenvalue weighted by atomic mass is 35.5. The fraction of sp³-hybridized carbons (Fsp3) is 0.103. The monoisotopic (exact) mass is 531 g/mol. The fourth-order valence-electron chi connectivity index (χ4n) is 3.89. The van der Waals surface area contributed by atoms with E-state index in [0.29, 0.717) is 22.3 Å². The highest BCUT2D eigenvalue weighted by molar-refractivity contribution is 7.20. The number of carboxylic acids is 1. The molecule has 0 fully saturated rings. The topological polar surface area (TPSA) is 88.8 Å². The first-order chi connectivity index (χ1) is 17.9. The van der Waals surface area contributed by atoms with Gasteiger partial charge in [0.2, 0.25) is 0 Å². The number of carboxylic acid groups (broad SMARTS) is 1. The van der Waals surface area contributed by atoms with Crippen molar-refractivity contribution in [2.75, 3.05) is 0 Å². The van der Waals surface area contributed by atoms with Crippen LogP contribution in [0.1, 0.15) is 20.8 Å². The number of hydrogen-bond acceptors (Lipinski definition) is 5. The van der Waals surface area contributed by atoms with E-state index < -0.39 is 17.9 Å². The average Bonchev–Trinajstić information content (AvgIpc) is 3.58. The van der Waals surface area contributed by atoms with Gasteiger partial charge in [0.25, 0.3) is 5.91 Å². The first-order valence-electron chi connectivity index (χ1n) is 11.5. The van der Waals surface area contributed by atoms with E-state index >= 15 is 0 Å². The van der Waals surface area contributed by atoms with Crippen molar-refractivity contribution >= 4 is 44.9 Å². The van der Waals surface area contributed by atoms with Crippen LogP contribution in [0.4, 0.5) is 0 Å². The van der Waals surface area contributed by atoms with Gasteiger partial charge in [-0.2, -0.15) is 0 Å². The Labute approximate surface area is 222 Å². The van der Waals surface area contributed by atoms with Crippen LogP contribution in [0.25, 0.3) is 21.2 Å². The summed E-state index contributed by atoms with van der Waals surface area (Å²) in [5.41, 5.74) is 3.72. The van der Waals surface area contributed by atoms with Gasteiger partial charge in [0.05, 0.1) is 17.4 Å². The fourth-order valence-corrected chi connectivity index (χ4v) is 5.02. The predicted molar refractivity (Wildman–Crippen MR) is 144 cm³/mol. The van der Waals surface area contributed by atoms with Gasteiger partial charge >= 0.3 is 5.97 Å². The molecule has 186 valence electrons. The smallest absolute Gasteiger partial charge is 0.326 e. The highest BCUT2D eigenvalue weighted by Gasteiger charge is 2.22. The van der Waals surface area contributed by atoms with E-state index in [2.05, 4.69) is 5.32 Å². The second-order valence-corrected chi connectivity index (χ2v) is 10.0. The molecule has 1 atom stereocenters. The third-order valence-electron chi connectivity index (χ3n) is 5.87. The normalized spacial score (nSPS) is 11.8. The van der Waals surface area contributed by atoms with Gasteiger partial charge in [0.1, 0.15) is 18.4 Å². The first-order valence-corrected chi connectivity index (χ1v) is 12.7. The SMILES string of the molecule is O=C(N[C@@H](Cc1ccc(OCc2ccoc2)cc1)C(=O)O)c1cc2ccc(-c3ccc(Cl)cc3)cc2s1. The quantitative estimate of drug-likeness (QED) is 0.218. The largest absolute Gasteiger partial charge is 0.489 e. The Bertz CT molecular complexity index is 1530. The molecular weight excluding hydrogens is 510 g/mol. The molecular formula is C29H22ClNO5S. The van der Waals surface area contributed by atoms with Crippen LogP contribution in [0.5, 0.6) is 5.75 Å². The molecule has 2 heterocycles. The maximum atomic E-state index is 13.0. The van der Waals surface area contributed by atoms with Crippen molar-refractivity contribution in [2.45, 2.75) is 19.1 Å². The zero-order chi connectivity index (χ0) is 25.8. The second kappa shape index (κ2) is 10.9. The summed E-state index contributed by atoms with van der Waals surface area (Å²) in [6.07, 6.45) is 3.35. The number of halogens is 1. The highest BCUT2D eigenvalue weighted by Crippen LogP contribution is 2.31.